The number of para-hydroxylation sites is 1. The van der Waals surface area contributed by atoms with Crippen LogP contribution in [0.15, 0.2) is 76.1 Å². The Morgan fingerprint density at radius 3 is 2.30 bits per heavy atom. The minimum atomic E-state index is -4.12. The van der Waals surface area contributed by atoms with Crippen molar-refractivity contribution in [2.75, 3.05) is 9.21 Å². The fourth-order valence-electron chi connectivity index (χ4n) is 4.42. The third-order valence-electron chi connectivity index (χ3n) is 6.42. The molecule has 0 spiro atoms. The lowest BCUT2D eigenvalue weighted by Crippen LogP contribution is -2.51. The van der Waals surface area contributed by atoms with Gasteiger partial charge in [0.1, 0.15) is 11.4 Å². The average Bonchev–Trinajstić information content (AvgIpc) is 3.31. The maximum Gasteiger partial charge on any atom is 0.343 e. The molecule has 0 aliphatic carbocycles. The normalized spacial score (nSPS) is 15.1. The van der Waals surface area contributed by atoms with Crippen molar-refractivity contribution in [3.63, 3.8) is 0 Å². The van der Waals surface area contributed by atoms with Crippen molar-refractivity contribution in [3.8, 4) is 11.4 Å². The Morgan fingerprint density at radius 1 is 0.919 bits per heavy atom. The molecule has 0 unspecified atom stereocenters. The third kappa shape index (κ3) is 4.40. The number of hydrogen-bond acceptors (Lipinski definition) is 6. The maximum absolute atomic E-state index is 13.7. The van der Waals surface area contributed by atoms with Gasteiger partial charge in [0, 0.05) is 5.56 Å². The van der Waals surface area contributed by atoms with Crippen LogP contribution in [0.2, 0.25) is 0 Å². The van der Waals surface area contributed by atoms with Crippen molar-refractivity contribution in [3.05, 3.63) is 89.3 Å². The molecule has 0 saturated carbocycles. The third-order valence-corrected chi connectivity index (χ3v) is 8.16. The number of anilines is 2. The summed E-state index contributed by atoms with van der Waals surface area (Å²) in [6.07, 6.45) is 0. The molecule has 1 aliphatic rings. The first-order valence-electron chi connectivity index (χ1n) is 11.9. The van der Waals surface area contributed by atoms with Crippen LogP contribution in [0.1, 0.15) is 43.4 Å². The summed E-state index contributed by atoms with van der Waals surface area (Å²) in [5.41, 5.74) is 4.20. The SMILES string of the molecule is Cc1ccc(N2C(=O)N(Cc3nc(-c4ccc(C(C)(C)C)cc4)no3)c3ccccc3S2(=O)=O)c(C)c1. The number of fused-ring (bicyclic) bond motifs is 1. The Bertz CT molecular complexity index is 1600. The Morgan fingerprint density at radius 2 is 1.62 bits per heavy atom. The first-order chi connectivity index (χ1) is 17.5. The van der Waals surface area contributed by atoms with Gasteiger partial charge in [0.2, 0.25) is 11.7 Å². The van der Waals surface area contributed by atoms with E-state index in [1.807, 2.05) is 37.3 Å². The van der Waals surface area contributed by atoms with Crippen molar-refractivity contribution in [2.24, 2.45) is 0 Å². The molecule has 9 heteroatoms. The fraction of sp³-hybridized carbons (Fsp3) is 0.250. The molecule has 2 heterocycles. The fourth-order valence-corrected chi connectivity index (χ4v) is 6.08. The van der Waals surface area contributed by atoms with Gasteiger partial charge in [-0.2, -0.15) is 9.29 Å². The van der Waals surface area contributed by atoms with Crippen molar-refractivity contribution >= 4 is 27.4 Å². The van der Waals surface area contributed by atoms with Crippen molar-refractivity contribution < 1.29 is 17.7 Å². The highest BCUT2D eigenvalue weighted by Crippen LogP contribution is 2.39. The monoisotopic (exact) mass is 516 g/mol. The summed E-state index contributed by atoms with van der Waals surface area (Å²) in [5.74, 6) is 0.588. The van der Waals surface area contributed by atoms with Gasteiger partial charge in [0.25, 0.3) is 10.0 Å². The first kappa shape index (κ1) is 24.7. The number of hydrogen-bond donors (Lipinski definition) is 0. The first-order valence-corrected chi connectivity index (χ1v) is 13.4. The lowest BCUT2D eigenvalue weighted by molar-refractivity contribution is 0.252. The number of aryl methyl sites for hydroxylation is 2. The smallest absolute Gasteiger partial charge is 0.337 e. The van der Waals surface area contributed by atoms with E-state index in [0.29, 0.717) is 17.1 Å². The Labute approximate surface area is 216 Å². The quantitative estimate of drug-likeness (QED) is 0.331. The number of urea groups is 1. The highest BCUT2D eigenvalue weighted by atomic mass is 32.2. The van der Waals surface area contributed by atoms with Crippen LogP contribution in [-0.2, 0) is 22.0 Å². The van der Waals surface area contributed by atoms with Crippen LogP contribution in [0.4, 0.5) is 16.2 Å². The van der Waals surface area contributed by atoms with E-state index in [1.165, 1.54) is 16.5 Å². The molecule has 2 amide bonds. The average molecular weight is 517 g/mol. The number of carbonyl (C=O) groups excluding carboxylic acids is 1. The number of amides is 2. The molecular formula is C28H28N4O4S. The van der Waals surface area contributed by atoms with Crippen LogP contribution < -0.4 is 9.21 Å². The lowest BCUT2D eigenvalue weighted by Gasteiger charge is -2.36. The zero-order chi connectivity index (χ0) is 26.5. The molecule has 0 bridgehead atoms. The Kier molecular flexibility index (Phi) is 5.91. The Hall–Kier alpha value is -3.98. The van der Waals surface area contributed by atoms with E-state index >= 15 is 0 Å². The molecule has 0 saturated heterocycles. The van der Waals surface area contributed by atoms with E-state index in [2.05, 4.69) is 30.9 Å². The standard InChI is InChI=1S/C28H28N4O4S/c1-18-10-15-22(19(2)16-18)32-27(33)31(23-8-6-7-9-24(23)37(32,34)35)17-25-29-26(30-36-25)20-11-13-21(14-12-20)28(3,4)5/h6-16H,17H2,1-5H3. The van der Waals surface area contributed by atoms with Gasteiger partial charge >= 0.3 is 6.03 Å². The van der Waals surface area contributed by atoms with E-state index in [4.69, 9.17) is 4.52 Å². The summed E-state index contributed by atoms with van der Waals surface area (Å²) in [6, 6.07) is 18.9. The van der Waals surface area contributed by atoms with Crippen LogP contribution in [0, 0.1) is 13.8 Å². The summed E-state index contributed by atoms with van der Waals surface area (Å²) in [7, 11) is -4.12. The topological polar surface area (TPSA) is 96.6 Å². The van der Waals surface area contributed by atoms with Gasteiger partial charge in [-0.1, -0.05) is 80.0 Å². The van der Waals surface area contributed by atoms with Gasteiger partial charge in [-0.3, -0.25) is 4.90 Å². The zero-order valence-corrected chi connectivity index (χ0v) is 22.2. The summed E-state index contributed by atoms with van der Waals surface area (Å²) < 4.78 is 33.5. The Balaban J connectivity index is 1.52. The predicted octanol–water partition coefficient (Wildman–Crippen LogP) is 5.99. The van der Waals surface area contributed by atoms with E-state index in [0.717, 1.165) is 15.4 Å². The molecule has 1 aromatic heterocycles. The van der Waals surface area contributed by atoms with E-state index < -0.39 is 16.1 Å². The maximum atomic E-state index is 13.7. The molecule has 0 atom stereocenters. The molecule has 5 rings (SSSR count). The van der Waals surface area contributed by atoms with Crippen LogP contribution in [-0.4, -0.2) is 24.6 Å². The second-order valence-electron chi connectivity index (χ2n) is 10.2. The zero-order valence-electron chi connectivity index (χ0n) is 21.4. The number of nitrogens with zero attached hydrogens (tertiary/aromatic N) is 4. The largest absolute Gasteiger partial charge is 0.343 e. The molecule has 8 nitrogen and oxygen atoms in total. The molecule has 3 aromatic carbocycles. The van der Waals surface area contributed by atoms with Gasteiger partial charge in [-0.25, -0.2) is 13.2 Å². The summed E-state index contributed by atoms with van der Waals surface area (Å²) in [4.78, 5) is 19.6. The predicted molar refractivity (Wildman–Crippen MR) is 142 cm³/mol. The number of rotatable bonds is 4. The number of sulfonamides is 1. The van der Waals surface area contributed by atoms with E-state index in [9.17, 15) is 13.2 Å². The molecule has 190 valence electrons. The highest BCUT2D eigenvalue weighted by Gasteiger charge is 2.43. The van der Waals surface area contributed by atoms with Crippen molar-refractivity contribution in [2.45, 2.75) is 51.5 Å². The van der Waals surface area contributed by atoms with Gasteiger partial charge in [0.05, 0.1) is 11.4 Å². The molecule has 0 fully saturated rings. The summed E-state index contributed by atoms with van der Waals surface area (Å²) in [5, 5.41) is 4.10. The van der Waals surface area contributed by atoms with Crippen molar-refractivity contribution in [1.29, 1.82) is 0 Å². The number of carbonyl (C=O) groups is 1. The van der Waals surface area contributed by atoms with Gasteiger partial charge in [-0.05, 0) is 48.6 Å². The molecule has 0 radical (unpaired) electrons. The van der Waals surface area contributed by atoms with Crippen molar-refractivity contribution in [1.82, 2.24) is 10.1 Å². The molecule has 1 aliphatic heterocycles. The molecular weight excluding hydrogens is 488 g/mol. The van der Waals surface area contributed by atoms with Crippen LogP contribution in [0.5, 0.6) is 0 Å². The lowest BCUT2D eigenvalue weighted by atomic mass is 9.87. The van der Waals surface area contributed by atoms with Crippen LogP contribution >= 0.6 is 0 Å². The summed E-state index contributed by atoms with van der Waals surface area (Å²) in [6.45, 7) is 10.0. The highest BCUT2D eigenvalue weighted by molar-refractivity contribution is 7.94. The number of benzene rings is 3. The van der Waals surface area contributed by atoms with Crippen LogP contribution in [0.25, 0.3) is 11.4 Å². The minimum Gasteiger partial charge on any atom is -0.337 e. The minimum absolute atomic E-state index is 0.0188. The summed E-state index contributed by atoms with van der Waals surface area (Å²) >= 11 is 0. The molecule has 4 aromatic rings. The van der Waals surface area contributed by atoms with E-state index in [1.54, 1.807) is 37.3 Å². The van der Waals surface area contributed by atoms with Gasteiger partial charge in [-0.15, -0.1) is 0 Å². The second-order valence-corrected chi connectivity index (χ2v) is 12.0. The van der Waals surface area contributed by atoms with Gasteiger partial charge in [0.15, 0.2) is 0 Å². The van der Waals surface area contributed by atoms with Crippen LogP contribution in [0.3, 0.4) is 0 Å². The second kappa shape index (κ2) is 8.85. The molecule has 0 N–H and O–H groups in total. The van der Waals surface area contributed by atoms with Gasteiger partial charge < -0.3 is 4.52 Å². The van der Waals surface area contributed by atoms with E-state index in [-0.39, 0.29) is 28.4 Å². The number of aromatic nitrogens is 2. The molecule has 37 heavy (non-hydrogen) atoms.